The molecular formula is C13H24. The first kappa shape index (κ1) is 10.8. The number of hydrogen-bond donors (Lipinski definition) is 0. The molecule has 2 unspecified atom stereocenters. The molecule has 76 valence electrons. The lowest BCUT2D eigenvalue weighted by Crippen LogP contribution is -2.29. The van der Waals surface area contributed by atoms with Crippen LogP contribution in [0.25, 0.3) is 0 Å². The summed E-state index contributed by atoms with van der Waals surface area (Å²) in [6.45, 7) is 9.53. The van der Waals surface area contributed by atoms with Gasteiger partial charge in [-0.15, -0.1) is 0 Å². The van der Waals surface area contributed by atoms with Crippen LogP contribution in [0.2, 0.25) is 0 Å². The van der Waals surface area contributed by atoms with Crippen molar-refractivity contribution >= 4 is 0 Å². The molecule has 1 aliphatic carbocycles. The molecule has 0 radical (unpaired) electrons. The van der Waals surface area contributed by atoms with Crippen LogP contribution in [0.3, 0.4) is 0 Å². The van der Waals surface area contributed by atoms with Gasteiger partial charge in [-0.05, 0) is 36.5 Å². The number of hydrogen-bond acceptors (Lipinski definition) is 0. The standard InChI is InChI=1S/C13H24/c1-11(2)13(4)10-8-6-5-7-9-12(13)3/h8,10-12H,5-7,9H2,1-4H3. The third-order valence-electron chi connectivity index (χ3n) is 4.04. The minimum atomic E-state index is 0.431. The zero-order valence-electron chi connectivity index (χ0n) is 9.64. The Kier molecular flexibility index (Phi) is 3.58. The van der Waals surface area contributed by atoms with Crippen molar-refractivity contribution in [3.63, 3.8) is 0 Å². The Morgan fingerprint density at radius 1 is 1.31 bits per heavy atom. The van der Waals surface area contributed by atoms with Crippen LogP contribution >= 0.6 is 0 Å². The highest BCUT2D eigenvalue weighted by Crippen LogP contribution is 2.40. The molecular weight excluding hydrogens is 156 g/mol. The Hall–Kier alpha value is -0.260. The lowest BCUT2D eigenvalue weighted by Gasteiger charge is -2.38. The van der Waals surface area contributed by atoms with E-state index in [9.17, 15) is 0 Å². The Bertz CT molecular complexity index is 178. The fraction of sp³-hybridized carbons (Fsp3) is 0.846. The summed E-state index contributed by atoms with van der Waals surface area (Å²) in [7, 11) is 0. The van der Waals surface area contributed by atoms with Gasteiger partial charge >= 0.3 is 0 Å². The average molecular weight is 180 g/mol. The van der Waals surface area contributed by atoms with Gasteiger partial charge in [0.2, 0.25) is 0 Å². The average Bonchev–Trinajstić information content (AvgIpc) is 2.07. The van der Waals surface area contributed by atoms with E-state index in [1.54, 1.807) is 0 Å². The Morgan fingerprint density at radius 2 is 2.00 bits per heavy atom. The van der Waals surface area contributed by atoms with E-state index < -0.39 is 0 Å². The lowest BCUT2D eigenvalue weighted by atomic mass is 9.67. The van der Waals surface area contributed by atoms with E-state index in [1.807, 2.05) is 0 Å². The molecule has 0 aromatic rings. The summed E-state index contributed by atoms with van der Waals surface area (Å²) in [4.78, 5) is 0. The molecule has 1 aliphatic rings. The molecule has 0 heterocycles. The maximum atomic E-state index is 2.47. The molecule has 0 bridgehead atoms. The topological polar surface area (TPSA) is 0 Å². The Balaban J connectivity index is 2.81. The third kappa shape index (κ3) is 2.36. The van der Waals surface area contributed by atoms with E-state index >= 15 is 0 Å². The summed E-state index contributed by atoms with van der Waals surface area (Å²) >= 11 is 0. The first-order valence-corrected chi connectivity index (χ1v) is 5.75. The second-order valence-electron chi connectivity index (χ2n) is 5.11. The predicted molar refractivity (Wildman–Crippen MR) is 59.7 cm³/mol. The summed E-state index contributed by atoms with van der Waals surface area (Å²) in [6.07, 6.45) is 10.4. The molecule has 0 aromatic heterocycles. The van der Waals surface area contributed by atoms with Crippen molar-refractivity contribution in [1.82, 2.24) is 0 Å². The smallest absolute Gasteiger partial charge is 0.00979 e. The number of rotatable bonds is 1. The van der Waals surface area contributed by atoms with Crippen molar-refractivity contribution in [3.05, 3.63) is 12.2 Å². The molecule has 0 fully saturated rings. The van der Waals surface area contributed by atoms with Crippen molar-refractivity contribution in [2.24, 2.45) is 17.3 Å². The maximum absolute atomic E-state index is 2.47. The van der Waals surface area contributed by atoms with Crippen LogP contribution in [0, 0.1) is 17.3 Å². The van der Waals surface area contributed by atoms with Gasteiger partial charge in [-0.3, -0.25) is 0 Å². The van der Waals surface area contributed by atoms with Crippen LogP contribution < -0.4 is 0 Å². The van der Waals surface area contributed by atoms with E-state index in [0.717, 1.165) is 11.8 Å². The van der Waals surface area contributed by atoms with Gasteiger partial charge in [-0.2, -0.15) is 0 Å². The quantitative estimate of drug-likeness (QED) is 0.524. The van der Waals surface area contributed by atoms with E-state index in [2.05, 4.69) is 39.8 Å². The van der Waals surface area contributed by atoms with E-state index in [1.165, 1.54) is 25.7 Å². The molecule has 0 amide bonds. The molecule has 1 rings (SSSR count). The fourth-order valence-corrected chi connectivity index (χ4v) is 2.29. The molecule has 0 saturated heterocycles. The highest BCUT2D eigenvalue weighted by molar-refractivity contribution is 5.02. The zero-order valence-corrected chi connectivity index (χ0v) is 9.64. The van der Waals surface area contributed by atoms with Gasteiger partial charge in [0.15, 0.2) is 0 Å². The van der Waals surface area contributed by atoms with Crippen molar-refractivity contribution in [2.45, 2.75) is 53.4 Å². The van der Waals surface area contributed by atoms with Crippen LogP contribution in [0.5, 0.6) is 0 Å². The molecule has 2 atom stereocenters. The van der Waals surface area contributed by atoms with Gasteiger partial charge in [0.05, 0.1) is 0 Å². The van der Waals surface area contributed by atoms with Gasteiger partial charge in [0.25, 0.3) is 0 Å². The Labute approximate surface area is 83.4 Å². The number of allylic oxidation sites excluding steroid dienone is 2. The van der Waals surface area contributed by atoms with Crippen molar-refractivity contribution in [1.29, 1.82) is 0 Å². The Morgan fingerprint density at radius 3 is 2.62 bits per heavy atom. The van der Waals surface area contributed by atoms with Crippen LogP contribution in [0.1, 0.15) is 53.4 Å². The summed E-state index contributed by atoms with van der Waals surface area (Å²) in [5.41, 5.74) is 0.431. The second-order valence-corrected chi connectivity index (χ2v) is 5.11. The lowest BCUT2D eigenvalue weighted by molar-refractivity contribution is 0.175. The first-order chi connectivity index (χ1) is 6.07. The van der Waals surface area contributed by atoms with E-state index in [4.69, 9.17) is 0 Å². The molecule has 0 saturated carbocycles. The molecule has 0 spiro atoms. The fourth-order valence-electron chi connectivity index (χ4n) is 2.29. The largest absolute Gasteiger partial charge is 0.0880 e. The second kappa shape index (κ2) is 4.30. The van der Waals surface area contributed by atoms with Gasteiger partial charge < -0.3 is 0 Å². The van der Waals surface area contributed by atoms with E-state index in [0.29, 0.717) is 5.41 Å². The first-order valence-electron chi connectivity index (χ1n) is 5.75. The van der Waals surface area contributed by atoms with Crippen LogP contribution in [0.15, 0.2) is 12.2 Å². The molecule has 13 heavy (non-hydrogen) atoms. The minimum Gasteiger partial charge on any atom is -0.0880 e. The van der Waals surface area contributed by atoms with E-state index in [-0.39, 0.29) is 0 Å². The third-order valence-corrected chi connectivity index (χ3v) is 4.04. The van der Waals surface area contributed by atoms with Crippen molar-refractivity contribution in [3.8, 4) is 0 Å². The maximum Gasteiger partial charge on any atom is -0.00979 e. The van der Waals surface area contributed by atoms with Gasteiger partial charge in [-0.25, -0.2) is 0 Å². The van der Waals surface area contributed by atoms with Crippen LogP contribution in [0.4, 0.5) is 0 Å². The van der Waals surface area contributed by atoms with Crippen LogP contribution in [-0.4, -0.2) is 0 Å². The van der Waals surface area contributed by atoms with Gasteiger partial charge in [-0.1, -0.05) is 46.3 Å². The molecule has 0 nitrogen and oxygen atoms in total. The minimum absolute atomic E-state index is 0.431. The monoisotopic (exact) mass is 180 g/mol. The molecule has 0 N–H and O–H groups in total. The van der Waals surface area contributed by atoms with Crippen molar-refractivity contribution < 1.29 is 0 Å². The summed E-state index contributed by atoms with van der Waals surface area (Å²) in [6, 6.07) is 0. The normalized spacial score (nSPS) is 35.9. The predicted octanol–water partition coefficient (Wildman–Crippen LogP) is 4.42. The highest BCUT2D eigenvalue weighted by Gasteiger charge is 2.31. The van der Waals surface area contributed by atoms with Crippen molar-refractivity contribution in [2.75, 3.05) is 0 Å². The molecule has 0 heteroatoms. The molecule has 0 aliphatic heterocycles. The van der Waals surface area contributed by atoms with Gasteiger partial charge in [0, 0.05) is 0 Å². The SMILES string of the molecule is CC(C)C1(C)C=CCCCCC1C. The summed E-state index contributed by atoms with van der Waals surface area (Å²) < 4.78 is 0. The molecule has 0 aromatic carbocycles. The summed E-state index contributed by atoms with van der Waals surface area (Å²) in [5.74, 6) is 1.60. The van der Waals surface area contributed by atoms with Crippen LogP contribution in [-0.2, 0) is 0 Å². The highest BCUT2D eigenvalue weighted by atomic mass is 14.4. The summed E-state index contributed by atoms with van der Waals surface area (Å²) in [5, 5.41) is 0. The van der Waals surface area contributed by atoms with Gasteiger partial charge in [0.1, 0.15) is 0 Å². The zero-order chi connectivity index (χ0) is 9.90.